The number of nitrogens with one attached hydrogen (secondary N) is 1. The second-order valence-electron chi connectivity index (χ2n) is 5.54. The van der Waals surface area contributed by atoms with Crippen LogP contribution >= 0.6 is 0 Å². The Morgan fingerprint density at radius 2 is 2.11 bits per heavy atom. The Bertz CT molecular complexity index is 413. The molecule has 1 N–H and O–H groups in total. The molecule has 1 aliphatic heterocycles. The summed E-state index contributed by atoms with van der Waals surface area (Å²) in [4.78, 5) is 14.2. The number of rotatable bonds is 4. The van der Waals surface area contributed by atoms with Gasteiger partial charge in [-0.25, -0.2) is 0 Å². The van der Waals surface area contributed by atoms with Gasteiger partial charge in [0.1, 0.15) is 0 Å². The predicted octanol–water partition coefficient (Wildman–Crippen LogP) is 2.67. The number of likely N-dealkylation sites (tertiary alicyclic amines) is 1. The minimum absolute atomic E-state index is 0.0145. The summed E-state index contributed by atoms with van der Waals surface area (Å²) in [6.45, 7) is 8.32. The van der Waals surface area contributed by atoms with Crippen molar-refractivity contribution in [1.82, 2.24) is 10.2 Å². The zero-order chi connectivity index (χ0) is 13.7. The minimum Gasteiger partial charge on any atom is -0.352 e. The van der Waals surface area contributed by atoms with Crippen LogP contribution in [0.5, 0.6) is 0 Å². The highest BCUT2D eigenvalue weighted by molar-refractivity contribution is 5.94. The van der Waals surface area contributed by atoms with Gasteiger partial charge >= 0.3 is 0 Å². The van der Waals surface area contributed by atoms with Crippen LogP contribution < -0.4 is 5.32 Å². The molecule has 1 fully saturated rings. The molecule has 0 aromatic heterocycles. The van der Waals surface area contributed by atoms with Crippen molar-refractivity contribution in [3.8, 4) is 0 Å². The van der Waals surface area contributed by atoms with Crippen LogP contribution in [0.2, 0.25) is 0 Å². The summed E-state index contributed by atoms with van der Waals surface area (Å²) >= 11 is 0. The van der Waals surface area contributed by atoms with Crippen LogP contribution in [0, 0.1) is 5.92 Å². The lowest BCUT2D eigenvalue weighted by Gasteiger charge is -2.30. The monoisotopic (exact) mass is 260 g/mol. The third-order valence-corrected chi connectivity index (χ3v) is 3.70. The molecule has 1 unspecified atom stereocenters. The SMILES string of the molecule is CCNC(=O)c1ccc(CN2CCCC(C)C2)cc1. The first-order chi connectivity index (χ1) is 9.19. The Morgan fingerprint density at radius 1 is 1.37 bits per heavy atom. The van der Waals surface area contributed by atoms with Crippen molar-refractivity contribution >= 4 is 5.91 Å². The van der Waals surface area contributed by atoms with Crippen molar-refractivity contribution in [3.05, 3.63) is 35.4 Å². The molecule has 1 atom stereocenters. The molecule has 104 valence electrons. The standard InChI is InChI=1S/C16H24N2O/c1-3-17-16(19)15-8-6-14(7-9-15)12-18-10-4-5-13(2)11-18/h6-9,13H,3-5,10-12H2,1-2H3,(H,17,19). The first-order valence-corrected chi connectivity index (χ1v) is 7.28. The molecule has 0 aliphatic carbocycles. The average molecular weight is 260 g/mol. The van der Waals surface area contributed by atoms with Gasteiger partial charge in [-0.3, -0.25) is 9.69 Å². The first-order valence-electron chi connectivity index (χ1n) is 7.28. The highest BCUT2D eigenvalue weighted by Crippen LogP contribution is 2.18. The number of carbonyl (C=O) groups excluding carboxylic acids is 1. The summed E-state index contributed by atoms with van der Waals surface area (Å²) in [6, 6.07) is 8.00. The highest BCUT2D eigenvalue weighted by atomic mass is 16.1. The van der Waals surface area contributed by atoms with Crippen LogP contribution in [0.3, 0.4) is 0 Å². The Balaban J connectivity index is 1.93. The van der Waals surface area contributed by atoms with Crippen molar-refractivity contribution in [2.24, 2.45) is 5.92 Å². The highest BCUT2D eigenvalue weighted by Gasteiger charge is 2.16. The fraction of sp³-hybridized carbons (Fsp3) is 0.562. The van der Waals surface area contributed by atoms with Gasteiger partial charge < -0.3 is 5.32 Å². The second kappa shape index (κ2) is 6.71. The predicted molar refractivity (Wildman–Crippen MR) is 78.1 cm³/mol. The molecule has 1 aromatic rings. The number of nitrogens with zero attached hydrogens (tertiary/aromatic N) is 1. The summed E-state index contributed by atoms with van der Waals surface area (Å²) in [5, 5.41) is 2.82. The summed E-state index contributed by atoms with van der Waals surface area (Å²) in [5.74, 6) is 0.823. The number of piperidine rings is 1. The lowest BCUT2D eigenvalue weighted by atomic mass is 9.99. The van der Waals surface area contributed by atoms with Gasteiger partial charge in [-0.2, -0.15) is 0 Å². The van der Waals surface area contributed by atoms with Gasteiger partial charge in [-0.1, -0.05) is 19.1 Å². The summed E-state index contributed by atoms with van der Waals surface area (Å²) in [5.41, 5.74) is 2.04. The topological polar surface area (TPSA) is 32.3 Å². The fourth-order valence-electron chi connectivity index (χ4n) is 2.71. The Labute approximate surface area is 116 Å². The van der Waals surface area contributed by atoms with E-state index in [9.17, 15) is 4.79 Å². The van der Waals surface area contributed by atoms with Gasteiger partial charge in [0.25, 0.3) is 5.91 Å². The van der Waals surface area contributed by atoms with Crippen molar-refractivity contribution in [3.63, 3.8) is 0 Å². The zero-order valence-electron chi connectivity index (χ0n) is 12.0. The maximum absolute atomic E-state index is 11.7. The molecule has 0 bridgehead atoms. The fourth-order valence-corrected chi connectivity index (χ4v) is 2.71. The summed E-state index contributed by atoms with van der Waals surface area (Å²) in [6.07, 6.45) is 2.66. The van der Waals surface area contributed by atoms with Crippen LogP contribution in [-0.2, 0) is 6.54 Å². The molecule has 1 saturated heterocycles. The Kier molecular flexibility index (Phi) is 4.97. The van der Waals surface area contributed by atoms with Crippen LogP contribution in [0.15, 0.2) is 24.3 Å². The van der Waals surface area contributed by atoms with Gasteiger partial charge in [0, 0.05) is 25.2 Å². The number of amides is 1. The van der Waals surface area contributed by atoms with Crippen LogP contribution in [0.1, 0.15) is 42.6 Å². The van der Waals surface area contributed by atoms with Gasteiger partial charge in [0.15, 0.2) is 0 Å². The Morgan fingerprint density at radius 3 is 2.74 bits per heavy atom. The van der Waals surface area contributed by atoms with Gasteiger partial charge in [-0.05, 0) is 49.9 Å². The van der Waals surface area contributed by atoms with E-state index >= 15 is 0 Å². The molecule has 2 rings (SSSR count). The number of hydrogen-bond donors (Lipinski definition) is 1. The van der Waals surface area contributed by atoms with Crippen LogP contribution in [-0.4, -0.2) is 30.4 Å². The normalized spacial score (nSPS) is 20.2. The number of benzene rings is 1. The number of carbonyl (C=O) groups is 1. The van der Waals surface area contributed by atoms with Gasteiger partial charge in [0.05, 0.1) is 0 Å². The molecule has 3 nitrogen and oxygen atoms in total. The van der Waals surface area contributed by atoms with E-state index in [4.69, 9.17) is 0 Å². The molecule has 1 heterocycles. The van der Waals surface area contributed by atoms with Gasteiger partial charge in [-0.15, -0.1) is 0 Å². The van der Waals surface area contributed by atoms with E-state index in [0.29, 0.717) is 6.54 Å². The van der Waals surface area contributed by atoms with Crippen LogP contribution in [0.25, 0.3) is 0 Å². The van der Waals surface area contributed by atoms with E-state index in [2.05, 4.69) is 29.3 Å². The van der Waals surface area contributed by atoms with E-state index in [1.165, 1.54) is 31.5 Å². The van der Waals surface area contributed by atoms with E-state index in [-0.39, 0.29) is 5.91 Å². The molecule has 3 heteroatoms. The molecular weight excluding hydrogens is 236 g/mol. The van der Waals surface area contributed by atoms with Crippen molar-refractivity contribution in [2.75, 3.05) is 19.6 Å². The molecule has 0 radical (unpaired) electrons. The molecule has 0 saturated carbocycles. The van der Waals surface area contributed by atoms with Crippen molar-refractivity contribution in [2.45, 2.75) is 33.2 Å². The lowest BCUT2D eigenvalue weighted by Crippen LogP contribution is -2.33. The maximum Gasteiger partial charge on any atom is 0.251 e. The average Bonchev–Trinajstić information content (AvgIpc) is 2.40. The third-order valence-electron chi connectivity index (χ3n) is 3.70. The minimum atomic E-state index is 0.0145. The quantitative estimate of drug-likeness (QED) is 0.902. The molecule has 0 spiro atoms. The van der Waals surface area contributed by atoms with Gasteiger partial charge in [0.2, 0.25) is 0 Å². The molecule has 1 aromatic carbocycles. The van der Waals surface area contributed by atoms with Crippen LogP contribution in [0.4, 0.5) is 0 Å². The van der Waals surface area contributed by atoms with E-state index < -0.39 is 0 Å². The second-order valence-corrected chi connectivity index (χ2v) is 5.54. The summed E-state index contributed by atoms with van der Waals surface area (Å²) in [7, 11) is 0. The molecule has 19 heavy (non-hydrogen) atoms. The Hall–Kier alpha value is -1.35. The maximum atomic E-state index is 11.7. The van der Waals surface area contributed by atoms with Crippen molar-refractivity contribution < 1.29 is 4.79 Å². The lowest BCUT2D eigenvalue weighted by molar-refractivity contribution is 0.0956. The van der Waals surface area contributed by atoms with E-state index in [0.717, 1.165) is 18.0 Å². The number of hydrogen-bond acceptors (Lipinski definition) is 2. The summed E-state index contributed by atoms with van der Waals surface area (Å²) < 4.78 is 0. The zero-order valence-corrected chi connectivity index (χ0v) is 12.0. The van der Waals surface area contributed by atoms with Crippen molar-refractivity contribution in [1.29, 1.82) is 0 Å². The smallest absolute Gasteiger partial charge is 0.251 e. The molecule has 1 aliphatic rings. The van der Waals surface area contributed by atoms with E-state index in [1.807, 2.05) is 19.1 Å². The van der Waals surface area contributed by atoms with E-state index in [1.54, 1.807) is 0 Å². The molecule has 1 amide bonds. The largest absolute Gasteiger partial charge is 0.352 e. The molecular formula is C16H24N2O. The first kappa shape index (κ1) is 14.1. The third kappa shape index (κ3) is 4.06.